The summed E-state index contributed by atoms with van der Waals surface area (Å²) in [6.45, 7) is 0. The Kier molecular flexibility index (Phi) is 3.37. The summed E-state index contributed by atoms with van der Waals surface area (Å²) < 4.78 is 5.32. The van der Waals surface area contributed by atoms with Crippen molar-refractivity contribution >= 4 is 17.9 Å². The molecule has 82 valence electrons. The molecule has 16 heavy (non-hydrogen) atoms. The third-order valence-electron chi connectivity index (χ3n) is 2.16. The zero-order valence-electron chi connectivity index (χ0n) is 8.52. The van der Waals surface area contributed by atoms with Gasteiger partial charge in [-0.15, -0.1) is 0 Å². The van der Waals surface area contributed by atoms with Gasteiger partial charge in [-0.3, -0.25) is 0 Å². The van der Waals surface area contributed by atoms with Gasteiger partial charge in [-0.25, -0.2) is 4.98 Å². The summed E-state index contributed by atoms with van der Waals surface area (Å²) in [7, 11) is 0. The highest BCUT2D eigenvalue weighted by molar-refractivity contribution is 6.30. The number of carbonyl (C=O) groups is 1. The van der Waals surface area contributed by atoms with Crippen molar-refractivity contribution in [3.8, 4) is 11.5 Å². The van der Waals surface area contributed by atoms with Crippen LogP contribution in [-0.2, 0) is 11.2 Å². The number of aryl methyl sites for hydroxylation is 1. The number of nitrogens with zero attached hydrogens (tertiary/aromatic N) is 1. The summed E-state index contributed by atoms with van der Waals surface area (Å²) in [5.41, 5.74) is 1.67. The van der Waals surface area contributed by atoms with Gasteiger partial charge in [0, 0.05) is 17.0 Å². The van der Waals surface area contributed by atoms with Crippen LogP contribution >= 0.6 is 11.6 Å². The minimum atomic E-state index is 0.465. The van der Waals surface area contributed by atoms with E-state index in [2.05, 4.69) is 4.98 Å². The monoisotopic (exact) mass is 235 g/mol. The molecule has 0 atom stereocenters. The van der Waals surface area contributed by atoms with Gasteiger partial charge in [0.1, 0.15) is 12.5 Å². The van der Waals surface area contributed by atoms with Crippen LogP contribution in [0.5, 0.6) is 0 Å². The van der Waals surface area contributed by atoms with Gasteiger partial charge in [0.25, 0.3) is 0 Å². The molecule has 0 radical (unpaired) electrons. The second-order valence-corrected chi connectivity index (χ2v) is 3.79. The Hall–Kier alpha value is -1.61. The molecule has 0 aliphatic heterocycles. The molecule has 0 saturated carbocycles. The number of halogens is 1. The van der Waals surface area contributed by atoms with Crippen molar-refractivity contribution < 1.29 is 9.21 Å². The molecule has 4 heteroatoms. The van der Waals surface area contributed by atoms with Crippen molar-refractivity contribution in [2.45, 2.75) is 12.8 Å². The lowest BCUT2D eigenvalue weighted by molar-refractivity contribution is -0.107. The van der Waals surface area contributed by atoms with Crippen LogP contribution in [-0.4, -0.2) is 11.3 Å². The Labute approximate surface area is 98.1 Å². The molecule has 2 aromatic rings. The van der Waals surface area contributed by atoms with Gasteiger partial charge >= 0.3 is 0 Å². The number of aldehydes is 1. The first kappa shape index (κ1) is 10.9. The quantitative estimate of drug-likeness (QED) is 0.765. The largest absolute Gasteiger partial charge is 0.444 e. The Morgan fingerprint density at radius 1 is 1.31 bits per heavy atom. The lowest BCUT2D eigenvalue weighted by Gasteiger charge is -1.94. The highest BCUT2D eigenvalue weighted by atomic mass is 35.5. The van der Waals surface area contributed by atoms with Gasteiger partial charge in [0.05, 0.1) is 5.69 Å². The van der Waals surface area contributed by atoms with E-state index in [4.69, 9.17) is 16.0 Å². The summed E-state index contributed by atoms with van der Waals surface area (Å²) in [6.07, 6.45) is 3.53. The number of oxazole rings is 1. The Balaban J connectivity index is 2.17. The fourth-order valence-corrected chi connectivity index (χ4v) is 1.48. The fourth-order valence-electron chi connectivity index (χ4n) is 1.35. The normalized spacial score (nSPS) is 10.3. The molecule has 3 nitrogen and oxygen atoms in total. The van der Waals surface area contributed by atoms with Gasteiger partial charge in [-0.2, -0.15) is 0 Å². The molecule has 0 saturated heterocycles. The van der Waals surface area contributed by atoms with E-state index in [1.165, 1.54) is 0 Å². The Morgan fingerprint density at radius 2 is 2.06 bits per heavy atom. The highest BCUT2D eigenvalue weighted by Crippen LogP contribution is 2.21. The topological polar surface area (TPSA) is 43.1 Å². The van der Waals surface area contributed by atoms with Gasteiger partial charge in [-0.1, -0.05) is 11.6 Å². The van der Waals surface area contributed by atoms with Crippen molar-refractivity contribution in [2.24, 2.45) is 0 Å². The molecule has 0 aliphatic rings. The van der Waals surface area contributed by atoms with E-state index in [0.717, 1.165) is 17.5 Å². The predicted molar refractivity (Wildman–Crippen MR) is 61.3 cm³/mol. The second-order valence-electron chi connectivity index (χ2n) is 3.36. The molecule has 0 amide bonds. The number of hydrogen-bond donors (Lipinski definition) is 0. The average Bonchev–Trinajstić information content (AvgIpc) is 2.76. The molecule has 1 aromatic heterocycles. The van der Waals surface area contributed by atoms with E-state index in [1.54, 1.807) is 18.4 Å². The predicted octanol–water partition coefficient (Wildman–Crippen LogP) is 3.13. The molecule has 2 rings (SSSR count). The molecule has 0 unspecified atom stereocenters. The van der Waals surface area contributed by atoms with E-state index in [1.807, 2.05) is 12.1 Å². The van der Waals surface area contributed by atoms with Crippen LogP contribution in [0, 0.1) is 0 Å². The van der Waals surface area contributed by atoms with E-state index < -0.39 is 0 Å². The molecule has 0 fully saturated rings. The van der Waals surface area contributed by atoms with E-state index in [9.17, 15) is 4.79 Å². The molecule has 0 spiro atoms. The standard InChI is InChI=1S/C12H10ClNO2/c13-10-5-3-9(4-6-10)12-14-11(8-16-12)2-1-7-15/h3-8H,1-2H2. The first-order valence-corrected chi connectivity index (χ1v) is 5.31. The van der Waals surface area contributed by atoms with Crippen molar-refractivity contribution in [3.63, 3.8) is 0 Å². The summed E-state index contributed by atoms with van der Waals surface area (Å²) in [6, 6.07) is 7.26. The zero-order chi connectivity index (χ0) is 11.4. The first-order valence-electron chi connectivity index (χ1n) is 4.93. The third-order valence-corrected chi connectivity index (χ3v) is 2.41. The maximum Gasteiger partial charge on any atom is 0.226 e. The Bertz CT molecular complexity index is 476. The minimum absolute atomic E-state index is 0.465. The van der Waals surface area contributed by atoms with Gasteiger partial charge in [0.2, 0.25) is 5.89 Å². The second kappa shape index (κ2) is 4.94. The molecular formula is C12H10ClNO2. The molecule has 0 N–H and O–H groups in total. The van der Waals surface area contributed by atoms with Crippen LogP contribution in [0.15, 0.2) is 34.9 Å². The number of benzene rings is 1. The van der Waals surface area contributed by atoms with Crippen molar-refractivity contribution in [1.29, 1.82) is 0 Å². The van der Waals surface area contributed by atoms with E-state index in [0.29, 0.717) is 23.8 Å². The fraction of sp³-hybridized carbons (Fsp3) is 0.167. The minimum Gasteiger partial charge on any atom is -0.444 e. The highest BCUT2D eigenvalue weighted by Gasteiger charge is 2.05. The van der Waals surface area contributed by atoms with Crippen LogP contribution in [0.1, 0.15) is 12.1 Å². The number of aromatic nitrogens is 1. The number of hydrogen-bond acceptors (Lipinski definition) is 3. The molecule has 1 aromatic carbocycles. The number of carbonyl (C=O) groups excluding carboxylic acids is 1. The van der Waals surface area contributed by atoms with Crippen LogP contribution < -0.4 is 0 Å². The SMILES string of the molecule is O=CCCc1coc(-c2ccc(Cl)cc2)n1. The summed E-state index contributed by atoms with van der Waals surface area (Å²) >= 11 is 5.78. The van der Waals surface area contributed by atoms with Crippen molar-refractivity contribution in [3.05, 3.63) is 41.2 Å². The van der Waals surface area contributed by atoms with Crippen molar-refractivity contribution in [1.82, 2.24) is 4.98 Å². The Morgan fingerprint density at radius 3 is 2.75 bits per heavy atom. The molecule has 0 bridgehead atoms. The van der Waals surface area contributed by atoms with E-state index >= 15 is 0 Å². The van der Waals surface area contributed by atoms with Gasteiger partial charge in [-0.05, 0) is 30.7 Å². The van der Waals surface area contributed by atoms with Gasteiger partial charge < -0.3 is 9.21 Å². The zero-order valence-corrected chi connectivity index (χ0v) is 9.28. The van der Waals surface area contributed by atoms with Crippen LogP contribution in [0.2, 0.25) is 5.02 Å². The maximum atomic E-state index is 10.2. The third kappa shape index (κ3) is 2.49. The smallest absolute Gasteiger partial charge is 0.226 e. The maximum absolute atomic E-state index is 10.2. The summed E-state index contributed by atoms with van der Waals surface area (Å²) in [5.74, 6) is 0.553. The van der Waals surface area contributed by atoms with Gasteiger partial charge in [0.15, 0.2) is 0 Å². The van der Waals surface area contributed by atoms with Crippen LogP contribution in [0.4, 0.5) is 0 Å². The number of rotatable bonds is 4. The van der Waals surface area contributed by atoms with E-state index in [-0.39, 0.29) is 0 Å². The summed E-state index contributed by atoms with van der Waals surface area (Å²) in [4.78, 5) is 14.5. The molecular weight excluding hydrogens is 226 g/mol. The van der Waals surface area contributed by atoms with Crippen molar-refractivity contribution in [2.75, 3.05) is 0 Å². The lowest BCUT2D eigenvalue weighted by atomic mass is 10.2. The first-order chi connectivity index (χ1) is 7.79. The summed E-state index contributed by atoms with van der Waals surface area (Å²) in [5, 5.41) is 0.677. The average molecular weight is 236 g/mol. The lowest BCUT2D eigenvalue weighted by Crippen LogP contribution is -1.86. The molecule has 0 aliphatic carbocycles. The van der Waals surface area contributed by atoms with Crippen LogP contribution in [0.25, 0.3) is 11.5 Å². The molecule has 1 heterocycles. The van der Waals surface area contributed by atoms with Crippen LogP contribution in [0.3, 0.4) is 0 Å².